The van der Waals surface area contributed by atoms with Crippen LogP contribution in [0.3, 0.4) is 0 Å². The molecule has 1 unspecified atom stereocenters. The number of ketones is 1. The molecule has 1 saturated carbocycles. The smallest absolute Gasteiger partial charge is 0.247 e. The van der Waals surface area contributed by atoms with Gasteiger partial charge in [-0.1, -0.05) is 50.1 Å². The third-order valence-electron chi connectivity index (χ3n) is 5.92. The lowest BCUT2D eigenvalue weighted by Crippen LogP contribution is -2.52. The van der Waals surface area contributed by atoms with Crippen LogP contribution >= 0.6 is 0 Å². The number of nitrogens with zero attached hydrogens (tertiary/aromatic N) is 4. The van der Waals surface area contributed by atoms with Gasteiger partial charge in [-0.25, -0.2) is 9.97 Å². The number of Topliss-reactive ketones (excluding diaryl/α,β-unsaturated/α-hetero) is 1. The van der Waals surface area contributed by atoms with Gasteiger partial charge >= 0.3 is 0 Å². The number of nitrogens with one attached hydrogen (secondary N) is 1. The summed E-state index contributed by atoms with van der Waals surface area (Å²) in [4.78, 5) is 39.4. The molecule has 1 fully saturated rings. The summed E-state index contributed by atoms with van der Waals surface area (Å²) in [6.07, 6.45) is 8.50. The van der Waals surface area contributed by atoms with Gasteiger partial charge in [0, 0.05) is 31.9 Å². The Balaban J connectivity index is 1.80. The van der Waals surface area contributed by atoms with Crippen LogP contribution in [-0.4, -0.2) is 52.7 Å². The van der Waals surface area contributed by atoms with E-state index in [0.717, 1.165) is 25.7 Å². The molecule has 7 heteroatoms. The lowest BCUT2D eigenvalue weighted by Gasteiger charge is -2.40. The van der Waals surface area contributed by atoms with Crippen molar-refractivity contribution in [2.45, 2.75) is 51.1 Å². The van der Waals surface area contributed by atoms with Gasteiger partial charge in [-0.05, 0) is 19.3 Å². The molecule has 0 spiro atoms. The van der Waals surface area contributed by atoms with Crippen LogP contribution in [0, 0.1) is 0 Å². The van der Waals surface area contributed by atoms with Crippen LogP contribution in [-0.2, 0) is 4.79 Å². The molecule has 0 bridgehead atoms. The van der Waals surface area contributed by atoms with Gasteiger partial charge in [-0.2, -0.15) is 0 Å². The molecule has 7 nitrogen and oxygen atoms in total. The largest absolute Gasteiger partial charge is 0.383 e. The molecule has 1 aliphatic carbocycles. The summed E-state index contributed by atoms with van der Waals surface area (Å²) in [6.45, 7) is 2.02. The van der Waals surface area contributed by atoms with Crippen molar-refractivity contribution >= 4 is 28.8 Å². The van der Waals surface area contributed by atoms with Crippen LogP contribution in [0.2, 0.25) is 0 Å². The maximum Gasteiger partial charge on any atom is 0.247 e. The van der Waals surface area contributed by atoms with Gasteiger partial charge in [0.1, 0.15) is 11.7 Å². The van der Waals surface area contributed by atoms with Crippen LogP contribution < -0.4 is 10.2 Å². The maximum absolute atomic E-state index is 13.3. The molecule has 31 heavy (non-hydrogen) atoms. The maximum atomic E-state index is 13.3. The molecule has 0 saturated heterocycles. The summed E-state index contributed by atoms with van der Waals surface area (Å²) < 4.78 is 0. The van der Waals surface area contributed by atoms with Crippen LogP contribution in [0.1, 0.15) is 55.2 Å². The minimum Gasteiger partial charge on any atom is -0.383 e. The van der Waals surface area contributed by atoms with Crippen molar-refractivity contribution < 1.29 is 9.59 Å². The fourth-order valence-electron chi connectivity index (χ4n) is 4.49. The number of fused-ring (bicyclic) bond motifs is 1. The van der Waals surface area contributed by atoms with E-state index >= 15 is 0 Å². The van der Waals surface area contributed by atoms with Crippen molar-refractivity contribution in [2.24, 2.45) is 0 Å². The first kappa shape index (κ1) is 21.0. The van der Waals surface area contributed by atoms with Crippen molar-refractivity contribution in [1.29, 1.82) is 0 Å². The standard InChI is InChI=1S/C24H29N5O2/c1-4-20-24(31)26-19-14-25-22(27-23(19)29(20)17-12-8-9-13-17)18(15-28(2)3)21(30)16-10-6-5-7-11-16/h5-7,10-11,14-15,17,20H,4,8-9,12-13H2,1-3H3,(H,26,31). The number of carbonyl (C=O) groups is 2. The lowest BCUT2D eigenvalue weighted by molar-refractivity contribution is -0.117. The normalized spacial score (nSPS) is 19.2. The summed E-state index contributed by atoms with van der Waals surface area (Å²) in [5.41, 5.74) is 1.63. The highest BCUT2D eigenvalue weighted by Gasteiger charge is 2.38. The monoisotopic (exact) mass is 419 g/mol. The van der Waals surface area contributed by atoms with Gasteiger partial charge < -0.3 is 15.1 Å². The topological polar surface area (TPSA) is 78.4 Å². The Kier molecular flexibility index (Phi) is 6.02. The molecule has 1 N–H and O–H groups in total. The highest BCUT2D eigenvalue weighted by atomic mass is 16.2. The van der Waals surface area contributed by atoms with E-state index in [1.165, 1.54) is 0 Å². The number of benzene rings is 1. The summed E-state index contributed by atoms with van der Waals surface area (Å²) >= 11 is 0. The first-order valence-electron chi connectivity index (χ1n) is 10.9. The molecule has 0 radical (unpaired) electrons. The molecule has 2 aromatic rings. The van der Waals surface area contributed by atoms with Gasteiger partial charge in [0.15, 0.2) is 17.4 Å². The summed E-state index contributed by atoms with van der Waals surface area (Å²) in [6, 6.07) is 9.18. The molecule has 2 heterocycles. The minimum absolute atomic E-state index is 0.0114. The molecular weight excluding hydrogens is 390 g/mol. The van der Waals surface area contributed by atoms with E-state index in [1.807, 2.05) is 44.1 Å². The number of anilines is 2. The Labute approximate surface area is 183 Å². The Bertz CT molecular complexity index is 996. The quantitative estimate of drug-likeness (QED) is 0.568. The number of amides is 1. The summed E-state index contributed by atoms with van der Waals surface area (Å²) in [7, 11) is 3.74. The third-order valence-corrected chi connectivity index (χ3v) is 5.92. The number of hydrogen-bond acceptors (Lipinski definition) is 6. The molecule has 1 aliphatic heterocycles. The first-order chi connectivity index (χ1) is 15.0. The number of hydrogen-bond donors (Lipinski definition) is 1. The molecule has 1 atom stereocenters. The first-order valence-corrected chi connectivity index (χ1v) is 10.9. The molecule has 1 amide bonds. The zero-order valence-corrected chi connectivity index (χ0v) is 18.3. The van der Waals surface area contributed by atoms with E-state index in [2.05, 4.69) is 15.2 Å². The van der Waals surface area contributed by atoms with E-state index in [4.69, 9.17) is 4.98 Å². The second-order valence-corrected chi connectivity index (χ2v) is 8.39. The zero-order valence-electron chi connectivity index (χ0n) is 18.3. The molecule has 2 aliphatic rings. The van der Waals surface area contributed by atoms with Crippen LogP contribution in [0.15, 0.2) is 42.7 Å². The third kappa shape index (κ3) is 4.17. The Morgan fingerprint density at radius 3 is 2.58 bits per heavy atom. The molecular formula is C24H29N5O2. The number of allylic oxidation sites excluding steroid dienone is 1. The minimum atomic E-state index is -0.260. The van der Waals surface area contributed by atoms with Gasteiger partial charge in [0.2, 0.25) is 5.91 Å². The fraction of sp³-hybridized carbons (Fsp3) is 0.417. The number of carbonyl (C=O) groups excluding carboxylic acids is 2. The summed E-state index contributed by atoms with van der Waals surface area (Å²) in [5, 5.41) is 2.96. The molecule has 1 aromatic heterocycles. The average Bonchev–Trinajstić information content (AvgIpc) is 3.31. The number of rotatable bonds is 6. The summed E-state index contributed by atoms with van der Waals surface area (Å²) in [5.74, 6) is 0.945. The van der Waals surface area contributed by atoms with Crippen molar-refractivity contribution in [1.82, 2.24) is 14.9 Å². The van der Waals surface area contributed by atoms with Crippen molar-refractivity contribution in [3.63, 3.8) is 0 Å². The fourth-order valence-corrected chi connectivity index (χ4v) is 4.49. The van der Waals surface area contributed by atoms with E-state index in [9.17, 15) is 9.59 Å². The van der Waals surface area contributed by atoms with Gasteiger partial charge in [0.25, 0.3) is 0 Å². The molecule has 4 rings (SSSR count). The van der Waals surface area contributed by atoms with Crippen molar-refractivity contribution in [3.8, 4) is 0 Å². The molecule has 162 valence electrons. The zero-order chi connectivity index (χ0) is 22.0. The SMILES string of the molecule is CCC1C(=O)Nc2cnc(C(=CN(C)C)C(=O)c3ccccc3)nc2N1C1CCCC1. The number of aromatic nitrogens is 2. The van der Waals surface area contributed by atoms with Crippen LogP contribution in [0.25, 0.3) is 5.57 Å². The van der Waals surface area contributed by atoms with Gasteiger partial charge in [0.05, 0.1) is 11.8 Å². The van der Waals surface area contributed by atoms with Crippen molar-refractivity contribution in [2.75, 3.05) is 24.3 Å². The predicted octanol–water partition coefficient (Wildman–Crippen LogP) is 3.74. The predicted molar refractivity (Wildman–Crippen MR) is 122 cm³/mol. The lowest BCUT2D eigenvalue weighted by atomic mass is 10.0. The Morgan fingerprint density at radius 1 is 1.23 bits per heavy atom. The van der Waals surface area contributed by atoms with E-state index in [1.54, 1.807) is 24.5 Å². The second kappa shape index (κ2) is 8.88. The Morgan fingerprint density at radius 2 is 1.94 bits per heavy atom. The van der Waals surface area contributed by atoms with E-state index in [-0.39, 0.29) is 23.8 Å². The highest BCUT2D eigenvalue weighted by molar-refractivity contribution is 6.28. The van der Waals surface area contributed by atoms with Crippen LogP contribution in [0.4, 0.5) is 11.5 Å². The van der Waals surface area contributed by atoms with Crippen LogP contribution in [0.5, 0.6) is 0 Å². The Hall–Kier alpha value is -3.22. The average molecular weight is 420 g/mol. The highest BCUT2D eigenvalue weighted by Crippen LogP contribution is 2.37. The van der Waals surface area contributed by atoms with Crippen molar-refractivity contribution in [3.05, 3.63) is 54.1 Å². The molecule has 1 aromatic carbocycles. The van der Waals surface area contributed by atoms with Gasteiger partial charge in [-0.3, -0.25) is 9.59 Å². The van der Waals surface area contributed by atoms with E-state index in [0.29, 0.717) is 34.9 Å². The van der Waals surface area contributed by atoms with Gasteiger partial charge in [-0.15, -0.1) is 0 Å². The van der Waals surface area contributed by atoms with E-state index < -0.39 is 0 Å². The second-order valence-electron chi connectivity index (χ2n) is 8.39.